The van der Waals surface area contributed by atoms with Crippen LogP contribution >= 0.6 is 27.5 Å². The van der Waals surface area contributed by atoms with Crippen molar-refractivity contribution in [2.45, 2.75) is 6.92 Å². The molecule has 96 valence electrons. The third kappa shape index (κ3) is 4.81. The molecular formula is C10H12BrClFNO2S. The summed E-state index contributed by atoms with van der Waals surface area (Å²) in [6.45, 7) is 1.74. The molecule has 0 spiro atoms. The lowest BCUT2D eigenvalue weighted by Crippen LogP contribution is -2.22. The molecule has 7 heteroatoms. The van der Waals surface area contributed by atoms with Gasteiger partial charge in [0.1, 0.15) is 5.82 Å². The molecular weight excluding hydrogens is 333 g/mol. The highest BCUT2D eigenvalue weighted by Gasteiger charge is 2.16. The van der Waals surface area contributed by atoms with Crippen molar-refractivity contribution >= 4 is 43.2 Å². The average molecular weight is 345 g/mol. The third-order valence-electron chi connectivity index (χ3n) is 1.96. The Balaban J connectivity index is 2.83. The van der Waals surface area contributed by atoms with Gasteiger partial charge in [-0.05, 0) is 40.0 Å². The van der Waals surface area contributed by atoms with Gasteiger partial charge in [0.15, 0.2) is 0 Å². The minimum absolute atomic E-state index is 0.0691. The van der Waals surface area contributed by atoms with Crippen LogP contribution in [-0.2, 0) is 10.0 Å². The summed E-state index contributed by atoms with van der Waals surface area (Å²) < 4.78 is 39.0. The van der Waals surface area contributed by atoms with E-state index in [4.69, 9.17) is 11.6 Å². The molecule has 1 aromatic carbocycles. The van der Waals surface area contributed by atoms with Gasteiger partial charge in [-0.1, -0.05) is 6.92 Å². The molecule has 0 aromatic heterocycles. The van der Waals surface area contributed by atoms with Gasteiger partial charge in [-0.15, -0.1) is 11.6 Å². The standard InChI is InChI=1S/C10H12BrClFNO2S/c1-7(5-12)6-17(15,16)14-10-3-2-8(13)4-9(10)11/h2-4,7,14H,5-6H2,1H3. The largest absolute Gasteiger partial charge is 0.282 e. The molecule has 0 saturated carbocycles. The minimum Gasteiger partial charge on any atom is -0.282 e. The Morgan fingerprint density at radius 3 is 2.71 bits per heavy atom. The van der Waals surface area contributed by atoms with Crippen molar-refractivity contribution in [1.82, 2.24) is 0 Å². The number of halogens is 3. The normalized spacial score (nSPS) is 13.4. The maximum atomic E-state index is 12.8. The fourth-order valence-corrected chi connectivity index (χ4v) is 3.48. The summed E-state index contributed by atoms with van der Waals surface area (Å²) in [4.78, 5) is 0. The average Bonchev–Trinajstić information content (AvgIpc) is 2.21. The molecule has 1 aromatic rings. The van der Waals surface area contributed by atoms with Gasteiger partial charge in [0.2, 0.25) is 10.0 Å². The van der Waals surface area contributed by atoms with Gasteiger partial charge in [-0.2, -0.15) is 0 Å². The molecule has 0 aliphatic carbocycles. The summed E-state index contributed by atoms with van der Waals surface area (Å²) in [5.74, 6) is -0.381. The number of hydrogen-bond acceptors (Lipinski definition) is 2. The SMILES string of the molecule is CC(CCl)CS(=O)(=O)Nc1ccc(F)cc1Br. The molecule has 0 aliphatic rings. The van der Waals surface area contributed by atoms with Crippen molar-refractivity contribution in [3.63, 3.8) is 0 Å². The zero-order valence-electron chi connectivity index (χ0n) is 9.08. The zero-order valence-corrected chi connectivity index (χ0v) is 12.2. The summed E-state index contributed by atoms with van der Waals surface area (Å²) >= 11 is 8.65. The number of alkyl halides is 1. The van der Waals surface area contributed by atoms with E-state index >= 15 is 0 Å². The summed E-state index contributed by atoms with van der Waals surface area (Å²) in [5.41, 5.74) is 0.313. The van der Waals surface area contributed by atoms with E-state index in [0.717, 1.165) is 0 Å². The quantitative estimate of drug-likeness (QED) is 0.834. The number of rotatable bonds is 5. The van der Waals surface area contributed by atoms with E-state index in [0.29, 0.717) is 10.2 Å². The first-order chi connectivity index (χ1) is 7.84. The molecule has 0 saturated heterocycles. The van der Waals surface area contributed by atoms with Crippen LogP contribution in [0.1, 0.15) is 6.92 Å². The van der Waals surface area contributed by atoms with Gasteiger partial charge in [0, 0.05) is 10.4 Å². The van der Waals surface area contributed by atoms with Crippen LogP contribution in [0.4, 0.5) is 10.1 Å². The molecule has 17 heavy (non-hydrogen) atoms. The molecule has 0 heterocycles. The predicted molar refractivity (Wildman–Crippen MR) is 71.4 cm³/mol. The minimum atomic E-state index is -3.47. The Morgan fingerprint density at radius 1 is 1.53 bits per heavy atom. The Hall–Kier alpha value is -0.330. The number of sulfonamides is 1. The lowest BCUT2D eigenvalue weighted by molar-refractivity contribution is 0.588. The lowest BCUT2D eigenvalue weighted by atomic mass is 10.3. The van der Waals surface area contributed by atoms with Crippen LogP contribution in [0.5, 0.6) is 0 Å². The fraction of sp³-hybridized carbons (Fsp3) is 0.400. The third-order valence-corrected chi connectivity index (χ3v) is 4.69. The van der Waals surface area contributed by atoms with Crippen molar-refractivity contribution in [2.24, 2.45) is 5.92 Å². The van der Waals surface area contributed by atoms with Crippen LogP contribution in [-0.4, -0.2) is 20.1 Å². The molecule has 0 aliphatic heterocycles. The van der Waals surface area contributed by atoms with E-state index < -0.39 is 15.8 Å². The number of nitrogens with one attached hydrogen (secondary N) is 1. The van der Waals surface area contributed by atoms with E-state index in [1.807, 2.05) is 0 Å². The van der Waals surface area contributed by atoms with Gasteiger partial charge in [-0.25, -0.2) is 12.8 Å². The van der Waals surface area contributed by atoms with E-state index in [-0.39, 0.29) is 17.6 Å². The first kappa shape index (κ1) is 14.7. The second kappa shape index (κ2) is 6.02. The van der Waals surface area contributed by atoms with E-state index in [1.165, 1.54) is 18.2 Å². The second-order valence-corrected chi connectivity index (χ2v) is 6.70. The molecule has 1 rings (SSSR count). The van der Waals surface area contributed by atoms with Crippen molar-refractivity contribution in [3.8, 4) is 0 Å². The lowest BCUT2D eigenvalue weighted by Gasteiger charge is -2.12. The van der Waals surface area contributed by atoms with Gasteiger partial charge in [0.25, 0.3) is 0 Å². The molecule has 1 atom stereocenters. The second-order valence-electron chi connectivity index (χ2n) is 3.77. The molecule has 0 fully saturated rings. The van der Waals surface area contributed by atoms with E-state index in [9.17, 15) is 12.8 Å². The predicted octanol–water partition coefficient (Wildman–Crippen LogP) is 3.20. The highest BCUT2D eigenvalue weighted by molar-refractivity contribution is 9.10. The summed E-state index contributed by atoms with van der Waals surface area (Å²) in [6, 6.07) is 3.75. The molecule has 0 radical (unpaired) electrons. The monoisotopic (exact) mass is 343 g/mol. The molecule has 0 amide bonds. The fourth-order valence-electron chi connectivity index (χ4n) is 1.20. The van der Waals surface area contributed by atoms with Crippen LogP contribution in [0.3, 0.4) is 0 Å². The van der Waals surface area contributed by atoms with Crippen molar-refractivity contribution in [3.05, 3.63) is 28.5 Å². The summed E-state index contributed by atoms with van der Waals surface area (Å²) in [5, 5.41) is 0. The van der Waals surface area contributed by atoms with Crippen molar-refractivity contribution in [1.29, 1.82) is 0 Å². The molecule has 3 nitrogen and oxygen atoms in total. The highest BCUT2D eigenvalue weighted by atomic mass is 79.9. The van der Waals surface area contributed by atoms with E-state index in [1.54, 1.807) is 6.92 Å². The molecule has 0 bridgehead atoms. The van der Waals surface area contributed by atoms with Crippen LogP contribution in [0.25, 0.3) is 0 Å². The van der Waals surface area contributed by atoms with Gasteiger partial charge >= 0.3 is 0 Å². The van der Waals surface area contributed by atoms with E-state index in [2.05, 4.69) is 20.7 Å². The molecule has 1 unspecified atom stereocenters. The van der Waals surface area contributed by atoms with Crippen LogP contribution < -0.4 is 4.72 Å². The summed E-state index contributed by atoms with van der Waals surface area (Å²) in [6.07, 6.45) is 0. The topological polar surface area (TPSA) is 46.2 Å². The van der Waals surface area contributed by atoms with Gasteiger partial charge in [0.05, 0.1) is 11.4 Å². The molecule has 1 N–H and O–H groups in total. The van der Waals surface area contributed by atoms with Crippen LogP contribution in [0.15, 0.2) is 22.7 Å². The maximum Gasteiger partial charge on any atom is 0.233 e. The Bertz CT molecular complexity index is 495. The van der Waals surface area contributed by atoms with Crippen LogP contribution in [0.2, 0.25) is 0 Å². The smallest absolute Gasteiger partial charge is 0.233 e. The van der Waals surface area contributed by atoms with Gasteiger partial charge < -0.3 is 0 Å². The van der Waals surface area contributed by atoms with Crippen LogP contribution in [0, 0.1) is 11.7 Å². The van der Waals surface area contributed by atoms with Crippen molar-refractivity contribution < 1.29 is 12.8 Å². The zero-order chi connectivity index (χ0) is 13.1. The maximum absolute atomic E-state index is 12.8. The Morgan fingerprint density at radius 2 is 2.18 bits per heavy atom. The number of anilines is 1. The number of hydrogen-bond donors (Lipinski definition) is 1. The Labute approximate surface area is 114 Å². The number of benzene rings is 1. The van der Waals surface area contributed by atoms with Crippen molar-refractivity contribution in [2.75, 3.05) is 16.4 Å². The first-order valence-corrected chi connectivity index (χ1v) is 7.83. The van der Waals surface area contributed by atoms with Gasteiger partial charge in [-0.3, -0.25) is 4.72 Å². The highest BCUT2D eigenvalue weighted by Crippen LogP contribution is 2.24. The first-order valence-electron chi connectivity index (χ1n) is 4.85. The Kier molecular flexibility index (Phi) is 5.22. The summed E-state index contributed by atoms with van der Waals surface area (Å²) in [7, 11) is -3.47.